The van der Waals surface area contributed by atoms with Crippen LogP contribution in [0.1, 0.15) is 26.3 Å². The highest BCUT2D eigenvalue weighted by Gasteiger charge is 2.20. The van der Waals surface area contributed by atoms with Crippen LogP contribution in [-0.4, -0.2) is 38.6 Å². The number of hydrogen-bond acceptors (Lipinski definition) is 4. The van der Waals surface area contributed by atoms with Gasteiger partial charge in [0.15, 0.2) is 11.5 Å². The second-order valence-electron chi connectivity index (χ2n) is 5.69. The molecule has 0 bridgehead atoms. The zero-order chi connectivity index (χ0) is 20.7. The first kappa shape index (κ1) is 21.1. The Morgan fingerprint density at radius 2 is 1.75 bits per heavy atom. The van der Waals surface area contributed by atoms with E-state index in [2.05, 4.69) is 15.4 Å². The van der Waals surface area contributed by atoms with Gasteiger partial charge < -0.3 is 20.1 Å². The topological polar surface area (TPSA) is 76.7 Å². The monoisotopic (exact) mass is 396 g/mol. The van der Waals surface area contributed by atoms with Gasteiger partial charge in [0.1, 0.15) is 5.82 Å². The van der Waals surface area contributed by atoms with E-state index >= 15 is 0 Å². The van der Waals surface area contributed by atoms with E-state index in [1.807, 2.05) is 0 Å². The van der Waals surface area contributed by atoms with Crippen molar-refractivity contribution in [1.82, 2.24) is 10.6 Å². The van der Waals surface area contributed by atoms with Crippen LogP contribution in [0.4, 0.5) is 13.2 Å². The Labute approximate surface area is 159 Å². The average molecular weight is 396 g/mol. The van der Waals surface area contributed by atoms with Crippen molar-refractivity contribution in [3.8, 4) is 11.5 Å². The summed E-state index contributed by atoms with van der Waals surface area (Å²) >= 11 is 0. The Bertz CT molecular complexity index is 859. The van der Waals surface area contributed by atoms with Gasteiger partial charge in [-0.15, -0.1) is 0 Å². The van der Waals surface area contributed by atoms with Crippen molar-refractivity contribution in [2.24, 2.45) is 0 Å². The van der Waals surface area contributed by atoms with Crippen molar-refractivity contribution < 1.29 is 32.2 Å². The SMILES string of the molecule is COc1cccc(C(=O)NCCNC(=O)c2ccc(C)c(F)c2)c1OC(F)F. The van der Waals surface area contributed by atoms with Crippen LogP contribution in [0.3, 0.4) is 0 Å². The van der Waals surface area contributed by atoms with Gasteiger partial charge in [-0.25, -0.2) is 4.39 Å². The first-order valence-corrected chi connectivity index (χ1v) is 8.28. The average Bonchev–Trinajstić information content (AvgIpc) is 2.66. The summed E-state index contributed by atoms with van der Waals surface area (Å²) in [4.78, 5) is 24.2. The molecule has 0 heterocycles. The van der Waals surface area contributed by atoms with E-state index in [-0.39, 0.29) is 35.7 Å². The normalized spacial score (nSPS) is 10.5. The van der Waals surface area contributed by atoms with E-state index < -0.39 is 24.2 Å². The molecule has 2 amide bonds. The number of nitrogens with one attached hydrogen (secondary N) is 2. The number of methoxy groups -OCH3 is 1. The van der Waals surface area contributed by atoms with Crippen LogP contribution in [-0.2, 0) is 0 Å². The van der Waals surface area contributed by atoms with Gasteiger partial charge in [0, 0.05) is 18.7 Å². The summed E-state index contributed by atoms with van der Waals surface area (Å²) in [7, 11) is 1.26. The molecule has 0 aliphatic heterocycles. The first-order valence-electron chi connectivity index (χ1n) is 8.28. The number of benzene rings is 2. The third kappa shape index (κ3) is 5.38. The molecule has 0 aliphatic carbocycles. The molecule has 2 aromatic rings. The van der Waals surface area contributed by atoms with Crippen LogP contribution >= 0.6 is 0 Å². The van der Waals surface area contributed by atoms with E-state index in [4.69, 9.17) is 4.74 Å². The molecule has 150 valence electrons. The van der Waals surface area contributed by atoms with Gasteiger partial charge in [0.25, 0.3) is 11.8 Å². The third-order valence-electron chi connectivity index (χ3n) is 3.78. The Kier molecular flexibility index (Phi) is 7.25. The summed E-state index contributed by atoms with van der Waals surface area (Å²) < 4.78 is 48.0. The van der Waals surface area contributed by atoms with Crippen molar-refractivity contribution in [2.45, 2.75) is 13.5 Å². The molecule has 0 saturated heterocycles. The van der Waals surface area contributed by atoms with Gasteiger partial charge in [0.05, 0.1) is 12.7 Å². The van der Waals surface area contributed by atoms with Gasteiger partial charge in [-0.3, -0.25) is 9.59 Å². The number of amides is 2. The molecule has 0 aromatic heterocycles. The van der Waals surface area contributed by atoms with Crippen molar-refractivity contribution in [3.63, 3.8) is 0 Å². The standard InChI is InChI=1S/C19H19F3N2O4/c1-11-6-7-12(10-14(11)20)17(25)23-8-9-24-18(26)13-4-3-5-15(27-2)16(13)28-19(21)22/h3-7,10,19H,8-9H2,1-2H3,(H,23,25)(H,24,26). The van der Waals surface area contributed by atoms with E-state index in [9.17, 15) is 22.8 Å². The Morgan fingerprint density at radius 3 is 2.36 bits per heavy atom. The van der Waals surface area contributed by atoms with E-state index in [0.29, 0.717) is 5.56 Å². The van der Waals surface area contributed by atoms with Gasteiger partial charge in [-0.2, -0.15) is 8.78 Å². The van der Waals surface area contributed by atoms with Gasteiger partial charge >= 0.3 is 6.61 Å². The summed E-state index contributed by atoms with van der Waals surface area (Å²) in [6.45, 7) is -1.48. The molecule has 6 nitrogen and oxygen atoms in total. The van der Waals surface area contributed by atoms with Crippen LogP contribution in [0, 0.1) is 12.7 Å². The Hall–Kier alpha value is -3.23. The minimum atomic E-state index is -3.13. The lowest BCUT2D eigenvalue weighted by Gasteiger charge is -2.14. The van der Waals surface area contributed by atoms with Crippen LogP contribution in [0.2, 0.25) is 0 Å². The largest absolute Gasteiger partial charge is 0.493 e. The van der Waals surface area contributed by atoms with Crippen LogP contribution in [0.15, 0.2) is 36.4 Å². The first-order chi connectivity index (χ1) is 13.3. The molecule has 0 aliphatic rings. The summed E-state index contributed by atoms with van der Waals surface area (Å²) in [6, 6.07) is 8.24. The smallest absolute Gasteiger partial charge is 0.387 e. The highest BCUT2D eigenvalue weighted by atomic mass is 19.3. The fourth-order valence-electron chi connectivity index (χ4n) is 2.35. The molecule has 2 aromatic carbocycles. The fourth-order valence-corrected chi connectivity index (χ4v) is 2.35. The number of ether oxygens (including phenoxy) is 2. The molecule has 0 unspecified atom stereocenters. The van der Waals surface area contributed by atoms with Crippen molar-refractivity contribution in [2.75, 3.05) is 20.2 Å². The highest BCUT2D eigenvalue weighted by molar-refractivity contribution is 5.98. The molecule has 2 N–H and O–H groups in total. The molecule has 28 heavy (non-hydrogen) atoms. The number of alkyl halides is 2. The molecular formula is C19H19F3N2O4. The van der Waals surface area contributed by atoms with E-state index in [0.717, 1.165) is 6.07 Å². The maximum Gasteiger partial charge on any atom is 0.387 e. The summed E-state index contributed by atoms with van der Waals surface area (Å²) in [5.74, 6) is -2.06. The molecule has 0 atom stereocenters. The predicted molar refractivity (Wildman–Crippen MR) is 95.4 cm³/mol. The Balaban J connectivity index is 1.94. The second-order valence-corrected chi connectivity index (χ2v) is 5.69. The maximum atomic E-state index is 13.5. The number of hydrogen-bond donors (Lipinski definition) is 2. The Morgan fingerprint density at radius 1 is 1.07 bits per heavy atom. The van der Waals surface area contributed by atoms with Gasteiger partial charge in [-0.1, -0.05) is 12.1 Å². The quantitative estimate of drug-likeness (QED) is 0.673. The summed E-state index contributed by atoms with van der Waals surface area (Å²) in [5, 5.41) is 5.01. The van der Waals surface area contributed by atoms with Crippen LogP contribution < -0.4 is 20.1 Å². The zero-order valence-electron chi connectivity index (χ0n) is 15.2. The second kappa shape index (κ2) is 9.63. The van der Waals surface area contributed by atoms with E-state index in [1.54, 1.807) is 6.92 Å². The molecule has 0 spiro atoms. The number of rotatable bonds is 8. The van der Waals surface area contributed by atoms with Crippen molar-refractivity contribution in [1.29, 1.82) is 0 Å². The maximum absolute atomic E-state index is 13.5. The van der Waals surface area contributed by atoms with Crippen molar-refractivity contribution >= 4 is 11.8 Å². The van der Waals surface area contributed by atoms with Gasteiger partial charge in [-0.05, 0) is 36.8 Å². The zero-order valence-corrected chi connectivity index (χ0v) is 15.2. The van der Waals surface area contributed by atoms with Crippen molar-refractivity contribution in [3.05, 3.63) is 58.9 Å². The number of para-hydroxylation sites is 1. The molecule has 2 rings (SSSR count). The number of halogens is 3. The predicted octanol–water partition coefficient (Wildman–Crippen LogP) is 2.90. The number of aryl methyl sites for hydroxylation is 1. The molecule has 0 radical (unpaired) electrons. The lowest BCUT2D eigenvalue weighted by Crippen LogP contribution is -2.35. The third-order valence-corrected chi connectivity index (χ3v) is 3.78. The molecular weight excluding hydrogens is 377 g/mol. The lowest BCUT2D eigenvalue weighted by atomic mass is 10.1. The highest BCUT2D eigenvalue weighted by Crippen LogP contribution is 2.32. The van der Waals surface area contributed by atoms with Crippen LogP contribution in [0.5, 0.6) is 11.5 Å². The lowest BCUT2D eigenvalue weighted by molar-refractivity contribution is -0.0515. The fraction of sp³-hybridized carbons (Fsp3) is 0.263. The molecule has 9 heteroatoms. The molecule has 0 saturated carbocycles. The van der Waals surface area contributed by atoms with Gasteiger partial charge in [0.2, 0.25) is 0 Å². The minimum absolute atomic E-state index is 0.0114. The van der Waals surface area contributed by atoms with Crippen LogP contribution in [0.25, 0.3) is 0 Å². The molecule has 0 fully saturated rings. The summed E-state index contributed by atoms with van der Waals surface area (Å²) in [5.41, 5.74) is 0.436. The summed E-state index contributed by atoms with van der Waals surface area (Å²) in [6.07, 6.45) is 0. The van der Waals surface area contributed by atoms with E-state index in [1.165, 1.54) is 37.4 Å². The minimum Gasteiger partial charge on any atom is -0.493 e. The number of carbonyl (C=O) groups is 2. The number of carbonyl (C=O) groups excluding carboxylic acids is 2.